The third kappa shape index (κ3) is 6.50. The molecule has 7 heteroatoms. The van der Waals surface area contributed by atoms with Gasteiger partial charge in [-0.3, -0.25) is 14.9 Å². The smallest absolute Gasteiger partial charge is 0.309 e. The molecule has 0 spiro atoms. The molecule has 1 aliphatic rings. The number of unbranched alkanes of at least 4 members (excludes halogenated alkanes) is 1. The largest absolute Gasteiger partial charge is 0.494 e. The quantitative estimate of drug-likeness (QED) is 0.437. The molecule has 1 aromatic carbocycles. The van der Waals surface area contributed by atoms with E-state index in [0.717, 1.165) is 18.6 Å². The van der Waals surface area contributed by atoms with Gasteiger partial charge in [-0.05, 0) is 62.7 Å². The second kappa shape index (κ2) is 10.9. The van der Waals surface area contributed by atoms with E-state index in [4.69, 9.17) is 21.7 Å². The fourth-order valence-electron chi connectivity index (χ4n) is 2.86. The third-order valence-corrected chi connectivity index (χ3v) is 4.87. The van der Waals surface area contributed by atoms with Crippen molar-refractivity contribution >= 4 is 29.2 Å². The van der Waals surface area contributed by atoms with E-state index in [9.17, 15) is 9.59 Å². The molecule has 0 aliphatic carbocycles. The number of nitrogens with zero attached hydrogens (tertiary/aromatic N) is 1. The van der Waals surface area contributed by atoms with Crippen molar-refractivity contribution in [3.63, 3.8) is 0 Å². The lowest BCUT2D eigenvalue weighted by Gasteiger charge is -2.32. The van der Waals surface area contributed by atoms with Crippen LogP contribution in [0.25, 0.3) is 0 Å². The first kappa shape index (κ1) is 21.2. The zero-order valence-corrected chi connectivity index (χ0v) is 16.8. The molecule has 1 aromatic rings. The summed E-state index contributed by atoms with van der Waals surface area (Å²) in [6.07, 6.45) is 3.44. The van der Waals surface area contributed by atoms with E-state index >= 15 is 0 Å². The fourth-order valence-corrected chi connectivity index (χ4v) is 3.14. The summed E-state index contributed by atoms with van der Waals surface area (Å²) in [6.45, 7) is 6.25. The van der Waals surface area contributed by atoms with Gasteiger partial charge in [0, 0.05) is 18.7 Å². The summed E-state index contributed by atoms with van der Waals surface area (Å²) in [5, 5.41) is 3.16. The number of thiocarbonyl (C=S) groups is 1. The number of esters is 1. The van der Waals surface area contributed by atoms with Crippen molar-refractivity contribution in [2.24, 2.45) is 5.92 Å². The van der Waals surface area contributed by atoms with Gasteiger partial charge in [-0.1, -0.05) is 13.3 Å². The molecule has 1 heterocycles. The van der Waals surface area contributed by atoms with Crippen LogP contribution < -0.4 is 10.1 Å². The summed E-state index contributed by atoms with van der Waals surface area (Å²) in [5.41, 5.74) is 0.529. The molecule has 0 saturated carbocycles. The Hall–Kier alpha value is -2.15. The number of likely N-dealkylation sites (tertiary alicyclic amines) is 1. The van der Waals surface area contributed by atoms with E-state index in [1.54, 1.807) is 24.3 Å². The zero-order valence-electron chi connectivity index (χ0n) is 16.0. The molecule has 0 aromatic heterocycles. The molecule has 1 N–H and O–H groups in total. The Morgan fingerprint density at radius 2 is 1.85 bits per heavy atom. The number of ether oxygens (including phenoxy) is 2. The first-order valence-electron chi connectivity index (χ1n) is 9.54. The Morgan fingerprint density at radius 1 is 1.19 bits per heavy atom. The third-order valence-electron chi connectivity index (χ3n) is 4.51. The fraction of sp³-hybridized carbons (Fsp3) is 0.550. The molecule has 0 unspecified atom stereocenters. The van der Waals surface area contributed by atoms with Crippen LogP contribution in [0.3, 0.4) is 0 Å². The minimum absolute atomic E-state index is 0.0834. The zero-order chi connectivity index (χ0) is 19.6. The molecule has 0 atom stereocenters. The topological polar surface area (TPSA) is 67.9 Å². The molecule has 6 nitrogen and oxygen atoms in total. The van der Waals surface area contributed by atoms with Gasteiger partial charge in [-0.25, -0.2) is 0 Å². The van der Waals surface area contributed by atoms with Crippen molar-refractivity contribution in [1.82, 2.24) is 10.2 Å². The lowest BCUT2D eigenvalue weighted by Crippen LogP contribution is -2.47. The maximum atomic E-state index is 12.4. The minimum atomic E-state index is -0.243. The molecule has 1 aliphatic heterocycles. The first-order valence-corrected chi connectivity index (χ1v) is 9.95. The van der Waals surface area contributed by atoms with Crippen molar-refractivity contribution in [3.05, 3.63) is 29.8 Å². The summed E-state index contributed by atoms with van der Waals surface area (Å²) in [7, 11) is 0. The van der Waals surface area contributed by atoms with Crippen LogP contribution in [0.4, 0.5) is 0 Å². The van der Waals surface area contributed by atoms with Crippen LogP contribution in [0, 0.1) is 5.92 Å². The second-order valence-corrected chi connectivity index (χ2v) is 6.89. The molecular formula is C20H28N2O4S. The highest BCUT2D eigenvalue weighted by atomic mass is 32.1. The van der Waals surface area contributed by atoms with E-state index < -0.39 is 0 Å². The van der Waals surface area contributed by atoms with Crippen LogP contribution in [0.15, 0.2) is 24.3 Å². The molecule has 2 rings (SSSR count). The summed E-state index contributed by atoms with van der Waals surface area (Å²) in [5.74, 6) is 0.282. The summed E-state index contributed by atoms with van der Waals surface area (Å²) < 4.78 is 10.7. The Kier molecular flexibility index (Phi) is 8.51. The SMILES string of the molecule is CCCCOc1ccc(C(=O)NC(=S)N2CCC(C(=O)OCC)CC2)cc1. The van der Waals surface area contributed by atoms with E-state index in [-0.39, 0.29) is 17.8 Å². The Balaban J connectivity index is 1.80. The average Bonchev–Trinajstić information content (AvgIpc) is 2.69. The minimum Gasteiger partial charge on any atom is -0.494 e. The molecular weight excluding hydrogens is 364 g/mol. The van der Waals surface area contributed by atoms with Crippen LogP contribution in [0.5, 0.6) is 5.75 Å². The summed E-state index contributed by atoms with van der Waals surface area (Å²) in [4.78, 5) is 26.1. The predicted molar refractivity (Wildman–Crippen MR) is 108 cm³/mol. The van der Waals surface area contributed by atoms with E-state index in [1.165, 1.54) is 0 Å². The molecule has 1 saturated heterocycles. The maximum Gasteiger partial charge on any atom is 0.309 e. The average molecular weight is 393 g/mol. The van der Waals surface area contributed by atoms with Gasteiger partial charge in [0.25, 0.3) is 5.91 Å². The molecule has 0 radical (unpaired) electrons. The first-order chi connectivity index (χ1) is 13.0. The van der Waals surface area contributed by atoms with Crippen molar-refractivity contribution in [2.45, 2.75) is 39.5 Å². The Morgan fingerprint density at radius 3 is 2.44 bits per heavy atom. The number of carbonyl (C=O) groups is 2. The maximum absolute atomic E-state index is 12.4. The standard InChI is InChI=1S/C20H28N2O4S/c1-3-5-14-26-17-8-6-15(7-9-17)18(23)21-20(27)22-12-10-16(11-13-22)19(24)25-4-2/h6-9,16H,3-5,10-14H2,1-2H3,(H,21,23,27). The van der Waals surface area contributed by atoms with Crippen LogP contribution >= 0.6 is 12.2 Å². The highest BCUT2D eigenvalue weighted by molar-refractivity contribution is 7.80. The second-order valence-electron chi connectivity index (χ2n) is 6.50. The predicted octanol–water partition coefficient (Wildman–Crippen LogP) is 3.16. The lowest BCUT2D eigenvalue weighted by molar-refractivity contribution is -0.149. The van der Waals surface area contributed by atoms with Gasteiger partial charge < -0.3 is 14.4 Å². The van der Waals surface area contributed by atoms with Crippen molar-refractivity contribution in [2.75, 3.05) is 26.3 Å². The number of rotatable bonds is 7. The van der Waals surface area contributed by atoms with Crippen LogP contribution in [-0.4, -0.2) is 48.2 Å². The molecule has 1 amide bonds. The van der Waals surface area contributed by atoms with Gasteiger partial charge in [0.2, 0.25) is 0 Å². The monoisotopic (exact) mass is 392 g/mol. The highest BCUT2D eigenvalue weighted by Crippen LogP contribution is 2.19. The molecule has 27 heavy (non-hydrogen) atoms. The van der Waals surface area contributed by atoms with Gasteiger partial charge in [0.05, 0.1) is 19.1 Å². The van der Waals surface area contributed by atoms with E-state index in [1.807, 2.05) is 11.8 Å². The van der Waals surface area contributed by atoms with Crippen LogP contribution in [-0.2, 0) is 9.53 Å². The summed E-state index contributed by atoms with van der Waals surface area (Å²) in [6, 6.07) is 7.04. The van der Waals surface area contributed by atoms with Crippen molar-refractivity contribution in [1.29, 1.82) is 0 Å². The normalized spacial score (nSPS) is 14.5. The number of benzene rings is 1. The highest BCUT2D eigenvalue weighted by Gasteiger charge is 2.27. The van der Waals surface area contributed by atoms with Crippen LogP contribution in [0.2, 0.25) is 0 Å². The van der Waals surface area contributed by atoms with Gasteiger partial charge in [-0.15, -0.1) is 0 Å². The van der Waals surface area contributed by atoms with E-state index in [0.29, 0.717) is 49.8 Å². The molecule has 148 valence electrons. The van der Waals surface area contributed by atoms with Crippen molar-refractivity contribution in [3.8, 4) is 5.75 Å². The summed E-state index contributed by atoms with van der Waals surface area (Å²) >= 11 is 5.36. The number of hydrogen-bond acceptors (Lipinski definition) is 5. The lowest BCUT2D eigenvalue weighted by atomic mass is 9.97. The van der Waals surface area contributed by atoms with Gasteiger partial charge >= 0.3 is 5.97 Å². The van der Waals surface area contributed by atoms with Crippen molar-refractivity contribution < 1.29 is 19.1 Å². The Bertz CT molecular complexity index is 640. The number of amides is 1. The Labute approximate surface area is 166 Å². The molecule has 0 bridgehead atoms. The van der Waals surface area contributed by atoms with E-state index in [2.05, 4.69) is 12.2 Å². The number of hydrogen-bond donors (Lipinski definition) is 1. The van der Waals surface area contributed by atoms with Gasteiger partial charge in [0.1, 0.15) is 5.75 Å². The number of carbonyl (C=O) groups excluding carboxylic acids is 2. The van der Waals surface area contributed by atoms with Crippen LogP contribution in [0.1, 0.15) is 49.9 Å². The number of piperidine rings is 1. The number of nitrogens with one attached hydrogen (secondary N) is 1. The van der Waals surface area contributed by atoms with Gasteiger partial charge in [-0.2, -0.15) is 0 Å². The van der Waals surface area contributed by atoms with Gasteiger partial charge in [0.15, 0.2) is 5.11 Å². The molecule has 1 fully saturated rings.